The number of rotatable bonds is 12. The first kappa shape index (κ1) is 22.0. The summed E-state index contributed by atoms with van der Waals surface area (Å²) in [5.41, 5.74) is 9.02. The molecule has 28 heavy (non-hydrogen) atoms. The Morgan fingerprint density at radius 1 is 1.11 bits per heavy atom. The summed E-state index contributed by atoms with van der Waals surface area (Å²) < 4.78 is 6.06. The van der Waals surface area contributed by atoms with E-state index in [4.69, 9.17) is 10.5 Å². The summed E-state index contributed by atoms with van der Waals surface area (Å²) in [5, 5.41) is 3.46. The molecule has 0 atom stereocenters. The molecule has 0 fully saturated rings. The molecule has 2 aromatic rings. The lowest BCUT2D eigenvalue weighted by Crippen LogP contribution is -2.16. The molecule has 6 nitrogen and oxygen atoms in total. The van der Waals surface area contributed by atoms with Crippen LogP contribution in [0.4, 0.5) is 11.8 Å². The minimum Gasteiger partial charge on any atom is -0.493 e. The van der Waals surface area contributed by atoms with E-state index in [1.165, 1.54) is 12.8 Å². The maximum atomic E-state index is 6.06. The molecular weight excluding hydrogens is 350 g/mol. The number of benzene rings is 1. The predicted molar refractivity (Wildman–Crippen MR) is 117 cm³/mol. The number of unbranched alkanes of at least 4 members (excludes halogenated alkanes) is 2. The third-order valence-corrected chi connectivity index (χ3v) is 4.65. The Labute approximate surface area is 169 Å². The van der Waals surface area contributed by atoms with Gasteiger partial charge < -0.3 is 20.7 Å². The number of nitrogens with two attached hydrogens (primary N) is 1. The molecular formula is C22H35N5O. The Kier molecular flexibility index (Phi) is 9.01. The van der Waals surface area contributed by atoms with Crippen molar-refractivity contribution < 1.29 is 4.74 Å². The highest BCUT2D eigenvalue weighted by Crippen LogP contribution is 2.26. The van der Waals surface area contributed by atoms with Crippen LogP contribution in [0.1, 0.15) is 49.4 Å². The SMILES string of the molecule is CCCCCNc1nc(N)nc(C)c1Cc1ccccc1OCCCN(C)C. The lowest BCUT2D eigenvalue weighted by atomic mass is 10.0. The van der Waals surface area contributed by atoms with Crippen LogP contribution in [0.2, 0.25) is 0 Å². The summed E-state index contributed by atoms with van der Waals surface area (Å²) in [6.07, 6.45) is 5.22. The zero-order chi connectivity index (χ0) is 20.4. The normalized spacial score (nSPS) is 11.0. The third kappa shape index (κ3) is 7.00. The van der Waals surface area contributed by atoms with E-state index in [1.54, 1.807) is 0 Å². The number of anilines is 2. The van der Waals surface area contributed by atoms with E-state index >= 15 is 0 Å². The highest BCUT2D eigenvalue weighted by atomic mass is 16.5. The fraction of sp³-hybridized carbons (Fsp3) is 0.545. The van der Waals surface area contributed by atoms with Crippen LogP contribution in [0.25, 0.3) is 0 Å². The van der Waals surface area contributed by atoms with Crippen LogP contribution in [0.3, 0.4) is 0 Å². The summed E-state index contributed by atoms with van der Waals surface area (Å²) in [6, 6.07) is 8.20. The van der Waals surface area contributed by atoms with E-state index in [1.807, 2.05) is 25.1 Å². The summed E-state index contributed by atoms with van der Waals surface area (Å²) in [4.78, 5) is 11.0. The fourth-order valence-electron chi connectivity index (χ4n) is 3.10. The number of aryl methyl sites for hydroxylation is 1. The van der Waals surface area contributed by atoms with Gasteiger partial charge in [0.25, 0.3) is 0 Å². The molecule has 0 saturated carbocycles. The Bertz CT molecular complexity index is 733. The standard InChI is InChI=1S/C22H35N5O/c1-5-6-9-13-24-21-19(17(2)25-22(23)26-21)16-18-11-7-8-12-20(18)28-15-10-14-27(3)4/h7-8,11-12H,5-6,9-10,13-16H2,1-4H3,(H3,23,24,25,26). The Morgan fingerprint density at radius 3 is 2.64 bits per heavy atom. The third-order valence-electron chi connectivity index (χ3n) is 4.65. The highest BCUT2D eigenvalue weighted by Gasteiger charge is 2.14. The molecule has 0 bridgehead atoms. The van der Waals surface area contributed by atoms with Gasteiger partial charge in [0.05, 0.1) is 6.61 Å². The van der Waals surface area contributed by atoms with Crippen molar-refractivity contribution >= 4 is 11.8 Å². The number of nitrogen functional groups attached to an aromatic ring is 1. The van der Waals surface area contributed by atoms with Crippen molar-refractivity contribution in [2.45, 2.75) is 46.0 Å². The second kappa shape index (κ2) is 11.5. The van der Waals surface area contributed by atoms with E-state index < -0.39 is 0 Å². The van der Waals surface area contributed by atoms with E-state index in [-0.39, 0.29) is 0 Å². The number of aromatic nitrogens is 2. The summed E-state index contributed by atoms with van der Waals surface area (Å²) in [5.74, 6) is 2.07. The van der Waals surface area contributed by atoms with E-state index in [0.29, 0.717) is 19.0 Å². The van der Waals surface area contributed by atoms with Crippen LogP contribution in [-0.2, 0) is 6.42 Å². The van der Waals surface area contributed by atoms with Gasteiger partial charge in [-0.05, 0) is 45.5 Å². The molecule has 1 heterocycles. The van der Waals surface area contributed by atoms with Crippen LogP contribution in [-0.4, -0.2) is 48.7 Å². The molecule has 0 aliphatic heterocycles. The van der Waals surface area contributed by atoms with Gasteiger partial charge in [-0.2, -0.15) is 4.98 Å². The highest BCUT2D eigenvalue weighted by molar-refractivity contribution is 5.52. The minimum atomic E-state index is 0.312. The lowest BCUT2D eigenvalue weighted by molar-refractivity contribution is 0.280. The predicted octanol–water partition coefficient (Wildman–Crippen LogP) is 3.89. The first-order valence-corrected chi connectivity index (χ1v) is 10.2. The van der Waals surface area contributed by atoms with Gasteiger partial charge >= 0.3 is 0 Å². The van der Waals surface area contributed by atoms with Gasteiger partial charge in [-0.15, -0.1) is 0 Å². The number of nitrogens with one attached hydrogen (secondary N) is 1. The number of hydrogen-bond donors (Lipinski definition) is 2. The molecule has 154 valence electrons. The molecule has 0 saturated heterocycles. The molecule has 0 unspecified atom stereocenters. The van der Waals surface area contributed by atoms with Gasteiger partial charge in [-0.25, -0.2) is 4.98 Å². The van der Waals surface area contributed by atoms with Crippen molar-refractivity contribution in [2.24, 2.45) is 0 Å². The number of para-hydroxylation sites is 1. The number of ether oxygens (including phenoxy) is 1. The minimum absolute atomic E-state index is 0.312. The smallest absolute Gasteiger partial charge is 0.222 e. The summed E-state index contributed by atoms with van der Waals surface area (Å²) in [7, 11) is 4.15. The van der Waals surface area contributed by atoms with Crippen LogP contribution in [0.5, 0.6) is 5.75 Å². The van der Waals surface area contributed by atoms with Crippen molar-refractivity contribution in [3.8, 4) is 5.75 Å². The topological polar surface area (TPSA) is 76.3 Å². The van der Waals surface area contributed by atoms with Gasteiger partial charge in [0.1, 0.15) is 11.6 Å². The van der Waals surface area contributed by atoms with Crippen molar-refractivity contribution in [2.75, 3.05) is 44.8 Å². The van der Waals surface area contributed by atoms with Crippen LogP contribution in [0.15, 0.2) is 24.3 Å². The Hall–Kier alpha value is -2.34. The second-order valence-corrected chi connectivity index (χ2v) is 7.42. The molecule has 1 aromatic carbocycles. The van der Waals surface area contributed by atoms with Crippen LogP contribution < -0.4 is 15.8 Å². The first-order chi connectivity index (χ1) is 13.5. The molecule has 1 aromatic heterocycles. The van der Waals surface area contributed by atoms with Gasteiger partial charge in [-0.1, -0.05) is 38.0 Å². The van der Waals surface area contributed by atoms with Gasteiger partial charge in [-0.3, -0.25) is 0 Å². The van der Waals surface area contributed by atoms with E-state index in [0.717, 1.165) is 54.3 Å². The number of nitrogens with zero attached hydrogens (tertiary/aromatic N) is 3. The summed E-state index contributed by atoms with van der Waals surface area (Å²) >= 11 is 0. The maximum Gasteiger partial charge on any atom is 0.222 e. The Balaban J connectivity index is 2.13. The largest absolute Gasteiger partial charge is 0.493 e. The van der Waals surface area contributed by atoms with Crippen molar-refractivity contribution in [1.29, 1.82) is 0 Å². The molecule has 0 radical (unpaired) electrons. The van der Waals surface area contributed by atoms with Crippen LogP contribution >= 0.6 is 0 Å². The zero-order valence-corrected chi connectivity index (χ0v) is 17.8. The van der Waals surface area contributed by atoms with Gasteiger partial charge in [0.2, 0.25) is 5.95 Å². The van der Waals surface area contributed by atoms with Crippen LogP contribution in [0, 0.1) is 6.92 Å². The molecule has 0 aliphatic rings. The first-order valence-electron chi connectivity index (χ1n) is 10.2. The van der Waals surface area contributed by atoms with Gasteiger partial charge in [0.15, 0.2) is 0 Å². The average Bonchev–Trinajstić information content (AvgIpc) is 2.65. The average molecular weight is 386 g/mol. The lowest BCUT2D eigenvalue weighted by Gasteiger charge is -2.16. The molecule has 6 heteroatoms. The van der Waals surface area contributed by atoms with Crippen molar-refractivity contribution in [1.82, 2.24) is 14.9 Å². The van der Waals surface area contributed by atoms with Crippen molar-refractivity contribution in [3.63, 3.8) is 0 Å². The monoisotopic (exact) mass is 385 g/mol. The fourth-order valence-corrected chi connectivity index (χ4v) is 3.10. The molecule has 0 aliphatic carbocycles. The summed E-state index contributed by atoms with van der Waals surface area (Å²) in [6.45, 7) is 6.80. The quantitative estimate of drug-likeness (QED) is 0.540. The second-order valence-electron chi connectivity index (χ2n) is 7.42. The van der Waals surface area contributed by atoms with Crippen molar-refractivity contribution in [3.05, 3.63) is 41.1 Å². The molecule has 2 rings (SSSR count). The molecule has 3 N–H and O–H groups in total. The molecule has 0 spiro atoms. The Morgan fingerprint density at radius 2 is 1.89 bits per heavy atom. The van der Waals surface area contributed by atoms with Gasteiger partial charge in [0, 0.05) is 30.8 Å². The van der Waals surface area contributed by atoms with E-state index in [9.17, 15) is 0 Å². The van der Waals surface area contributed by atoms with E-state index in [2.05, 4.69) is 47.3 Å². The zero-order valence-electron chi connectivity index (χ0n) is 17.8. The molecule has 0 amide bonds. The number of hydrogen-bond acceptors (Lipinski definition) is 6. The maximum absolute atomic E-state index is 6.06.